The molecule has 0 aliphatic heterocycles. The summed E-state index contributed by atoms with van der Waals surface area (Å²) in [5, 5.41) is 0. The summed E-state index contributed by atoms with van der Waals surface area (Å²) in [7, 11) is 0. The van der Waals surface area contributed by atoms with Crippen molar-refractivity contribution in [3.8, 4) is 0 Å². The Morgan fingerprint density at radius 1 is 1.00 bits per heavy atom. The molecule has 15 heavy (non-hydrogen) atoms. The van der Waals surface area contributed by atoms with Crippen LogP contribution in [0.15, 0.2) is 11.1 Å². The van der Waals surface area contributed by atoms with E-state index in [0.717, 1.165) is 11.8 Å². The monoisotopic (exact) mass is 227 g/mol. The fourth-order valence-corrected chi connectivity index (χ4v) is 3.95. The first-order chi connectivity index (χ1) is 6.86. The molecule has 0 aromatic heterocycles. The van der Waals surface area contributed by atoms with Crippen molar-refractivity contribution < 1.29 is 0 Å². The predicted molar refractivity (Wildman–Crippen MR) is 66.2 cm³/mol. The van der Waals surface area contributed by atoms with Crippen molar-refractivity contribution in [2.45, 2.75) is 57.4 Å². The Hall–Kier alpha value is -0.0100. The SMILES string of the molecule is Cl.N[C@H]1C2CCCC1C1=C(CCCC1)C2. The van der Waals surface area contributed by atoms with Gasteiger partial charge in [0.25, 0.3) is 0 Å². The van der Waals surface area contributed by atoms with Crippen LogP contribution in [0.2, 0.25) is 0 Å². The third-order valence-electron chi connectivity index (χ3n) is 4.68. The van der Waals surface area contributed by atoms with Crippen LogP contribution in [0.5, 0.6) is 0 Å². The molecule has 2 bridgehead atoms. The van der Waals surface area contributed by atoms with Crippen molar-refractivity contribution >= 4 is 12.4 Å². The van der Waals surface area contributed by atoms with E-state index in [-0.39, 0.29) is 12.4 Å². The van der Waals surface area contributed by atoms with E-state index in [4.69, 9.17) is 5.73 Å². The molecule has 3 aliphatic rings. The van der Waals surface area contributed by atoms with Gasteiger partial charge in [-0.1, -0.05) is 17.6 Å². The van der Waals surface area contributed by atoms with Crippen LogP contribution in [0.4, 0.5) is 0 Å². The number of rotatable bonds is 0. The van der Waals surface area contributed by atoms with E-state index in [2.05, 4.69) is 0 Å². The van der Waals surface area contributed by atoms with Gasteiger partial charge in [-0.25, -0.2) is 0 Å². The number of hydrogen-bond donors (Lipinski definition) is 1. The molecule has 86 valence electrons. The van der Waals surface area contributed by atoms with E-state index >= 15 is 0 Å². The van der Waals surface area contributed by atoms with Gasteiger partial charge < -0.3 is 5.73 Å². The first kappa shape index (κ1) is 11.5. The molecule has 3 aliphatic carbocycles. The second kappa shape index (κ2) is 4.47. The minimum absolute atomic E-state index is 0. The Labute approximate surface area is 98.9 Å². The molecular formula is C13H22ClN. The van der Waals surface area contributed by atoms with Crippen molar-refractivity contribution in [2.24, 2.45) is 17.6 Å². The lowest BCUT2D eigenvalue weighted by atomic mass is 9.63. The number of halogens is 1. The molecule has 3 atom stereocenters. The second-order valence-electron chi connectivity index (χ2n) is 5.41. The molecule has 1 fully saturated rings. The molecule has 1 saturated carbocycles. The average molecular weight is 228 g/mol. The van der Waals surface area contributed by atoms with Crippen LogP contribution in [0, 0.1) is 11.8 Å². The van der Waals surface area contributed by atoms with Gasteiger partial charge in [0.05, 0.1) is 0 Å². The van der Waals surface area contributed by atoms with Crippen molar-refractivity contribution in [1.82, 2.24) is 0 Å². The van der Waals surface area contributed by atoms with Crippen molar-refractivity contribution in [3.05, 3.63) is 11.1 Å². The van der Waals surface area contributed by atoms with E-state index in [1.165, 1.54) is 51.4 Å². The number of hydrogen-bond acceptors (Lipinski definition) is 1. The van der Waals surface area contributed by atoms with Gasteiger partial charge in [0.1, 0.15) is 0 Å². The number of nitrogens with two attached hydrogens (primary N) is 1. The first-order valence-corrected chi connectivity index (χ1v) is 6.32. The third-order valence-corrected chi connectivity index (χ3v) is 4.68. The first-order valence-electron chi connectivity index (χ1n) is 6.32. The molecule has 2 heteroatoms. The van der Waals surface area contributed by atoms with Gasteiger partial charge in [0.2, 0.25) is 0 Å². The molecule has 0 radical (unpaired) electrons. The van der Waals surface area contributed by atoms with E-state index in [1.54, 1.807) is 5.57 Å². The maximum atomic E-state index is 6.36. The summed E-state index contributed by atoms with van der Waals surface area (Å²) in [5.41, 5.74) is 9.99. The van der Waals surface area contributed by atoms with Crippen LogP contribution in [-0.4, -0.2) is 6.04 Å². The molecule has 2 N–H and O–H groups in total. The van der Waals surface area contributed by atoms with Crippen molar-refractivity contribution in [1.29, 1.82) is 0 Å². The Balaban J connectivity index is 0.000000853. The minimum Gasteiger partial charge on any atom is -0.327 e. The van der Waals surface area contributed by atoms with Gasteiger partial charge in [-0.2, -0.15) is 0 Å². The molecule has 0 heterocycles. The molecule has 2 unspecified atom stereocenters. The van der Waals surface area contributed by atoms with Crippen molar-refractivity contribution in [3.63, 3.8) is 0 Å². The number of fused-ring (bicyclic) bond motifs is 3. The average Bonchev–Trinajstić information content (AvgIpc) is 2.18. The molecule has 0 aromatic rings. The highest BCUT2D eigenvalue weighted by Gasteiger charge is 2.38. The van der Waals surface area contributed by atoms with Gasteiger partial charge in [-0.15, -0.1) is 12.4 Å². The van der Waals surface area contributed by atoms with E-state index in [1.807, 2.05) is 5.57 Å². The summed E-state index contributed by atoms with van der Waals surface area (Å²) in [6, 6.07) is 0.514. The molecule has 0 aromatic carbocycles. The Morgan fingerprint density at radius 2 is 1.80 bits per heavy atom. The molecule has 0 amide bonds. The topological polar surface area (TPSA) is 26.0 Å². The lowest BCUT2D eigenvalue weighted by Gasteiger charge is -2.44. The van der Waals surface area contributed by atoms with Gasteiger partial charge in [0.15, 0.2) is 0 Å². The normalized spacial score (nSPS) is 39.4. The van der Waals surface area contributed by atoms with Gasteiger partial charge in [0, 0.05) is 6.04 Å². The Bertz CT molecular complexity index is 272. The summed E-state index contributed by atoms with van der Waals surface area (Å²) in [4.78, 5) is 0. The maximum absolute atomic E-state index is 6.36. The highest BCUT2D eigenvalue weighted by Crippen LogP contribution is 2.47. The molecule has 0 saturated heterocycles. The molecule has 1 nitrogen and oxygen atoms in total. The summed E-state index contributed by atoms with van der Waals surface area (Å²) >= 11 is 0. The number of allylic oxidation sites excluding steroid dienone is 1. The highest BCUT2D eigenvalue weighted by atomic mass is 35.5. The van der Waals surface area contributed by atoms with Crippen molar-refractivity contribution in [2.75, 3.05) is 0 Å². The van der Waals surface area contributed by atoms with E-state index in [0.29, 0.717) is 6.04 Å². The predicted octanol–water partition coefficient (Wildman–Crippen LogP) is 3.43. The standard InChI is InChI=1S/C13H21N.ClH/c14-13-10-5-3-7-12(13)11-6-2-1-4-9(11)8-10;/h10,12-13H,1-8,14H2;1H/t10?,12?,13-;/m0./s1. The molecule has 3 rings (SSSR count). The lowest BCUT2D eigenvalue weighted by molar-refractivity contribution is 0.213. The van der Waals surface area contributed by atoms with Gasteiger partial charge in [-0.3, -0.25) is 0 Å². The zero-order valence-electron chi connectivity index (χ0n) is 9.37. The fraction of sp³-hybridized carbons (Fsp3) is 0.846. The maximum Gasteiger partial charge on any atom is 0.0136 e. The lowest BCUT2D eigenvalue weighted by Crippen LogP contribution is -2.45. The molecule has 0 spiro atoms. The zero-order chi connectivity index (χ0) is 9.54. The van der Waals surface area contributed by atoms with E-state index < -0.39 is 0 Å². The second-order valence-corrected chi connectivity index (χ2v) is 5.41. The van der Waals surface area contributed by atoms with E-state index in [9.17, 15) is 0 Å². The highest BCUT2D eigenvalue weighted by molar-refractivity contribution is 5.85. The van der Waals surface area contributed by atoms with Gasteiger partial charge in [-0.05, 0) is 56.8 Å². The largest absolute Gasteiger partial charge is 0.327 e. The summed E-state index contributed by atoms with van der Waals surface area (Å²) in [6.45, 7) is 0. The van der Waals surface area contributed by atoms with Crippen LogP contribution in [-0.2, 0) is 0 Å². The Kier molecular flexibility index (Phi) is 3.42. The quantitative estimate of drug-likeness (QED) is 0.631. The molecular weight excluding hydrogens is 206 g/mol. The summed E-state index contributed by atoms with van der Waals surface area (Å²) in [5.74, 6) is 1.63. The summed E-state index contributed by atoms with van der Waals surface area (Å²) < 4.78 is 0. The van der Waals surface area contributed by atoms with Crippen LogP contribution in [0.3, 0.4) is 0 Å². The Morgan fingerprint density at radius 3 is 2.67 bits per heavy atom. The third kappa shape index (κ3) is 1.85. The van der Waals surface area contributed by atoms with Crippen LogP contribution < -0.4 is 5.73 Å². The minimum atomic E-state index is 0. The van der Waals surface area contributed by atoms with Crippen LogP contribution in [0.1, 0.15) is 51.4 Å². The summed E-state index contributed by atoms with van der Waals surface area (Å²) in [6.07, 6.45) is 11.2. The van der Waals surface area contributed by atoms with Crippen LogP contribution >= 0.6 is 12.4 Å². The fourth-order valence-electron chi connectivity index (χ4n) is 3.95. The van der Waals surface area contributed by atoms with Gasteiger partial charge >= 0.3 is 0 Å². The smallest absolute Gasteiger partial charge is 0.0136 e. The zero-order valence-corrected chi connectivity index (χ0v) is 10.2. The van der Waals surface area contributed by atoms with Crippen LogP contribution in [0.25, 0.3) is 0 Å².